The molecule has 0 aliphatic carbocycles. The Labute approximate surface area is 290 Å². The number of aromatic nitrogens is 1. The van der Waals surface area contributed by atoms with Crippen LogP contribution in [0.3, 0.4) is 0 Å². The summed E-state index contributed by atoms with van der Waals surface area (Å²) in [7, 11) is 0.451. The highest BCUT2D eigenvalue weighted by atomic mass is 32.2. The Morgan fingerprint density at radius 2 is 1.78 bits per heavy atom. The molecule has 3 aliphatic heterocycles. The summed E-state index contributed by atoms with van der Waals surface area (Å²) in [6, 6.07) is 17.0. The molecule has 260 valence electrons. The van der Waals surface area contributed by atoms with Gasteiger partial charge in [0.1, 0.15) is 23.9 Å². The molecule has 1 aromatic heterocycles. The number of anilines is 1. The number of hydrogen-bond donors (Lipinski definition) is 0. The first kappa shape index (κ1) is 33.7. The Hall–Kier alpha value is -4.81. The molecule has 50 heavy (non-hydrogen) atoms. The van der Waals surface area contributed by atoms with Crippen LogP contribution in [0.15, 0.2) is 82.4 Å². The van der Waals surface area contributed by atoms with Crippen LogP contribution in [0, 0.1) is 11.3 Å². The predicted molar refractivity (Wildman–Crippen MR) is 181 cm³/mol. The van der Waals surface area contributed by atoms with E-state index in [9.17, 15) is 13.7 Å². The van der Waals surface area contributed by atoms with Crippen molar-refractivity contribution in [1.82, 2.24) is 19.7 Å². The Balaban J connectivity index is 1.49. The lowest BCUT2D eigenvalue weighted by Gasteiger charge is -2.41. The van der Waals surface area contributed by atoms with Crippen LogP contribution < -0.4 is 13.8 Å². The summed E-state index contributed by atoms with van der Waals surface area (Å²) in [6.07, 6.45) is 1.35. The molecule has 3 aliphatic rings. The molecular weight excluding hydrogens is 663 g/mol. The quantitative estimate of drug-likeness (QED) is 0.250. The van der Waals surface area contributed by atoms with E-state index in [1.54, 1.807) is 11.0 Å². The van der Waals surface area contributed by atoms with Gasteiger partial charge in [0, 0.05) is 56.8 Å². The molecule has 3 atom stereocenters. The Morgan fingerprint density at radius 1 is 1.02 bits per heavy atom. The lowest BCUT2D eigenvalue weighted by Crippen LogP contribution is -2.55. The molecule has 0 N–H and O–H groups in total. The fraction of sp³-hybridized carbons (Fsp3) is 0.361. The highest BCUT2D eigenvalue weighted by molar-refractivity contribution is 7.93. The smallest absolute Gasteiger partial charge is 0.271 e. The number of alkyl halides is 1. The van der Waals surface area contributed by atoms with Crippen LogP contribution >= 0.6 is 0 Å². The molecule has 0 saturated carbocycles. The number of benzene rings is 3. The Morgan fingerprint density at radius 3 is 2.44 bits per heavy atom. The highest BCUT2D eigenvalue weighted by Crippen LogP contribution is 2.57. The molecule has 0 spiro atoms. The lowest BCUT2D eigenvalue weighted by atomic mass is 9.79. The zero-order valence-corrected chi connectivity index (χ0v) is 28.8. The van der Waals surface area contributed by atoms with Crippen LogP contribution in [0.5, 0.6) is 11.5 Å². The van der Waals surface area contributed by atoms with Crippen molar-refractivity contribution < 1.29 is 31.5 Å². The number of nitriles is 1. The first-order valence-electron chi connectivity index (χ1n) is 16.3. The number of sulfonamides is 1. The second-order valence-electron chi connectivity index (χ2n) is 12.8. The van der Waals surface area contributed by atoms with Crippen molar-refractivity contribution in [3.8, 4) is 17.6 Å². The topological polar surface area (TPSA) is 132 Å². The van der Waals surface area contributed by atoms with E-state index < -0.39 is 33.7 Å². The third-order valence-corrected chi connectivity index (χ3v) is 11.6. The first-order valence-corrected chi connectivity index (χ1v) is 17.7. The van der Waals surface area contributed by atoms with E-state index >= 15 is 9.18 Å². The monoisotopic (exact) mass is 700 g/mol. The number of oxazole rings is 1. The number of methoxy groups -OCH3 is 2. The molecule has 14 heteroatoms. The second kappa shape index (κ2) is 13.1. The second-order valence-corrected chi connectivity index (χ2v) is 14.6. The number of piperazine rings is 1. The fourth-order valence-corrected chi connectivity index (χ4v) is 8.88. The fourth-order valence-electron chi connectivity index (χ4n) is 7.42. The SMILES string of the molecule is COc1ccc(S(=O)(=O)N2C(=O)C(c3cc(CN4CCN(C)CC4)ccc3OC)(N3C[C@H](F)C[C@H]3c3ncco3)c3cc(C#N)ccc32)cc1. The third kappa shape index (κ3) is 5.50. The number of carbonyl (C=O) groups excluding carboxylic acids is 1. The molecule has 1 unspecified atom stereocenters. The van der Waals surface area contributed by atoms with Gasteiger partial charge in [-0.3, -0.25) is 14.6 Å². The average Bonchev–Trinajstić information content (AvgIpc) is 3.86. The molecule has 4 heterocycles. The first-order chi connectivity index (χ1) is 24.1. The number of rotatable bonds is 9. The van der Waals surface area contributed by atoms with Gasteiger partial charge in [-0.15, -0.1) is 0 Å². The van der Waals surface area contributed by atoms with Crippen molar-refractivity contribution >= 4 is 21.6 Å². The van der Waals surface area contributed by atoms with Crippen LogP contribution in [0.1, 0.15) is 40.6 Å². The molecule has 0 bridgehead atoms. The number of nitrogens with zero attached hydrogens (tertiary/aromatic N) is 6. The van der Waals surface area contributed by atoms with E-state index in [1.807, 2.05) is 12.1 Å². The molecular formula is C36H37FN6O6S. The van der Waals surface area contributed by atoms with Gasteiger partial charge in [0.15, 0.2) is 5.54 Å². The number of fused-ring (bicyclic) bond motifs is 1. The summed E-state index contributed by atoms with van der Waals surface area (Å²) in [4.78, 5) is 26.0. The summed E-state index contributed by atoms with van der Waals surface area (Å²) < 4.78 is 62.7. The maximum Gasteiger partial charge on any atom is 0.271 e. The minimum absolute atomic E-state index is 0.0461. The Kier molecular flexibility index (Phi) is 8.85. The van der Waals surface area contributed by atoms with E-state index in [0.29, 0.717) is 23.6 Å². The van der Waals surface area contributed by atoms with Crippen molar-refractivity contribution in [2.45, 2.75) is 35.6 Å². The third-order valence-electron chi connectivity index (χ3n) is 9.90. The van der Waals surface area contributed by atoms with Crippen LogP contribution in [0.2, 0.25) is 0 Å². The van der Waals surface area contributed by atoms with Crippen molar-refractivity contribution in [2.24, 2.45) is 0 Å². The highest BCUT2D eigenvalue weighted by Gasteiger charge is 2.64. The summed E-state index contributed by atoms with van der Waals surface area (Å²) in [5.41, 5.74) is -0.350. The number of halogens is 1. The van der Waals surface area contributed by atoms with E-state index in [1.165, 1.54) is 69.1 Å². The van der Waals surface area contributed by atoms with E-state index in [-0.39, 0.29) is 40.6 Å². The van der Waals surface area contributed by atoms with Crippen LogP contribution in [-0.4, -0.2) is 94.2 Å². The zero-order chi connectivity index (χ0) is 35.2. The van der Waals surface area contributed by atoms with Gasteiger partial charge in [-0.05, 0) is 67.2 Å². The van der Waals surface area contributed by atoms with E-state index in [0.717, 1.165) is 36.0 Å². The maximum absolute atomic E-state index is 15.8. The minimum Gasteiger partial charge on any atom is -0.497 e. The molecule has 2 fully saturated rings. The number of likely N-dealkylation sites (tertiary alicyclic amines) is 1. The summed E-state index contributed by atoms with van der Waals surface area (Å²) in [5, 5.41) is 10.1. The normalized spacial score (nSPS) is 23.2. The van der Waals surface area contributed by atoms with Crippen LogP contribution in [-0.2, 0) is 26.9 Å². The van der Waals surface area contributed by atoms with Gasteiger partial charge in [0.05, 0.1) is 48.7 Å². The minimum atomic E-state index is -4.56. The van der Waals surface area contributed by atoms with E-state index in [4.69, 9.17) is 13.9 Å². The number of likely N-dealkylation sites (N-methyl/N-ethyl adjacent to an activating group) is 1. The van der Waals surface area contributed by atoms with Crippen molar-refractivity contribution in [3.63, 3.8) is 0 Å². The molecule has 1 amide bonds. The van der Waals surface area contributed by atoms with Gasteiger partial charge in [-0.25, -0.2) is 22.1 Å². The van der Waals surface area contributed by atoms with Crippen molar-refractivity contribution in [1.29, 1.82) is 5.26 Å². The molecule has 12 nitrogen and oxygen atoms in total. The van der Waals surface area contributed by atoms with E-state index in [2.05, 4.69) is 27.9 Å². The van der Waals surface area contributed by atoms with Crippen LogP contribution in [0.25, 0.3) is 0 Å². The predicted octanol–water partition coefficient (Wildman–Crippen LogP) is 4.08. The number of amides is 1. The summed E-state index contributed by atoms with van der Waals surface area (Å²) in [6.45, 7) is 3.78. The number of ether oxygens (including phenoxy) is 2. The van der Waals surface area contributed by atoms with Gasteiger partial charge >= 0.3 is 0 Å². The van der Waals surface area contributed by atoms with Gasteiger partial charge in [-0.2, -0.15) is 5.26 Å². The average molecular weight is 701 g/mol. The molecule has 0 radical (unpaired) electrons. The molecule has 7 rings (SSSR count). The number of carbonyl (C=O) groups is 1. The van der Waals surface area contributed by atoms with Crippen molar-refractivity contribution in [2.75, 3.05) is 58.3 Å². The molecule has 2 saturated heterocycles. The number of hydrogen-bond acceptors (Lipinski definition) is 11. The maximum atomic E-state index is 15.8. The van der Waals surface area contributed by atoms with Crippen molar-refractivity contribution in [3.05, 3.63) is 101 Å². The molecule has 3 aromatic carbocycles. The summed E-state index contributed by atoms with van der Waals surface area (Å²) >= 11 is 0. The standard InChI is InChI=1S/C36H37FN6O6S/c1-40-13-15-41(16-14-40)22-25-5-11-33(48-3)30(19-25)36(42-23-26(37)20-32(42)34-39-12-17-49-34)29-18-24(21-38)4-10-31(29)43(35(36)44)50(45,46)28-8-6-27(47-2)7-9-28/h4-12,17-19,26,32H,13-16,20,22-23H2,1-3H3/t26-,32+,36?/m1/s1. The Bertz CT molecular complexity index is 2050. The van der Waals surface area contributed by atoms with Gasteiger partial charge < -0.3 is 18.8 Å². The zero-order valence-electron chi connectivity index (χ0n) is 28.0. The van der Waals surface area contributed by atoms with Gasteiger partial charge in [0.25, 0.3) is 15.9 Å². The lowest BCUT2D eigenvalue weighted by molar-refractivity contribution is -0.127. The molecule has 4 aromatic rings. The van der Waals surface area contributed by atoms with Gasteiger partial charge in [0.2, 0.25) is 5.89 Å². The largest absolute Gasteiger partial charge is 0.497 e. The summed E-state index contributed by atoms with van der Waals surface area (Å²) in [5.74, 6) is 0.0521. The van der Waals surface area contributed by atoms with Crippen LogP contribution in [0.4, 0.5) is 10.1 Å². The van der Waals surface area contributed by atoms with Gasteiger partial charge in [-0.1, -0.05) is 6.07 Å².